The van der Waals surface area contributed by atoms with Crippen LogP contribution in [0, 0.1) is 18.7 Å². The minimum absolute atomic E-state index is 0.0874. The van der Waals surface area contributed by atoms with Crippen LogP contribution in [0.15, 0.2) is 54.6 Å². The molecule has 0 spiro atoms. The number of nitrogens with zero attached hydrogens (tertiary/aromatic N) is 2. The second kappa shape index (κ2) is 15.4. The van der Waals surface area contributed by atoms with Gasteiger partial charge in [-0.25, -0.2) is 9.37 Å². The smallest absolute Gasteiger partial charge is 0.416 e. The van der Waals surface area contributed by atoms with Crippen molar-refractivity contribution in [1.82, 2.24) is 14.3 Å². The lowest BCUT2D eigenvalue weighted by Crippen LogP contribution is -2.28. The summed E-state index contributed by atoms with van der Waals surface area (Å²) in [6, 6.07) is 14.1. The van der Waals surface area contributed by atoms with Crippen LogP contribution in [0.2, 0.25) is 5.02 Å². The van der Waals surface area contributed by atoms with Crippen LogP contribution in [0.4, 0.5) is 23.2 Å². The number of carbonyl (C=O) groups excluding carboxylic acids is 1. The van der Waals surface area contributed by atoms with Crippen LogP contribution in [0.3, 0.4) is 0 Å². The maximum Gasteiger partial charge on any atom is 0.416 e. The molecule has 1 aliphatic rings. The van der Waals surface area contributed by atoms with Gasteiger partial charge in [-0.1, -0.05) is 49.0 Å². The predicted octanol–water partition coefficient (Wildman–Crippen LogP) is 8.02. The normalized spacial score (nSPS) is 16.3. The quantitative estimate of drug-likeness (QED) is 0.102. The highest BCUT2D eigenvalue weighted by Crippen LogP contribution is 2.40. The van der Waals surface area contributed by atoms with Crippen molar-refractivity contribution in [1.29, 1.82) is 0 Å². The number of anilines is 1. The van der Waals surface area contributed by atoms with Crippen LogP contribution in [0.25, 0.3) is 22.2 Å². The summed E-state index contributed by atoms with van der Waals surface area (Å²) in [4.78, 5) is 25.8. The number of amides is 1. The van der Waals surface area contributed by atoms with Gasteiger partial charge in [0.05, 0.1) is 22.3 Å². The largest absolute Gasteiger partial charge is 0.483 e. The van der Waals surface area contributed by atoms with Gasteiger partial charge in [-0.3, -0.25) is 14.3 Å². The fraction of sp³-hybridized carbons (Fsp3) is 0.323. The number of alkyl halides is 3. The molecule has 13 heteroatoms. The molecule has 4 aromatic rings. The number of hydrogen-bond donors (Lipinski definition) is 4. The number of hydrogen-bond acceptors (Lipinski definition) is 5. The van der Waals surface area contributed by atoms with Crippen LogP contribution in [0.1, 0.15) is 48.6 Å². The van der Waals surface area contributed by atoms with Crippen LogP contribution in [0.5, 0.6) is 0 Å². The van der Waals surface area contributed by atoms with E-state index in [0.717, 1.165) is 58.5 Å². The zero-order valence-electron chi connectivity index (χ0n) is 24.3. The molecule has 2 unspecified atom stereocenters. The molecule has 2 atom stereocenters. The van der Waals surface area contributed by atoms with Crippen LogP contribution in [-0.2, 0) is 22.8 Å². The van der Waals surface area contributed by atoms with Crippen molar-refractivity contribution in [2.45, 2.75) is 44.7 Å². The molecule has 1 aromatic heterocycles. The number of imidazole rings is 1. The summed E-state index contributed by atoms with van der Waals surface area (Å²) < 4.78 is 57.2. The van der Waals surface area contributed by atoms with Gasteiger partial charge in [-0.05, 0) is 86.7 Å². The van der Waals surface area contributed by atoms with E-state index in [9.17, 15) is 22.4 Å². The number of aryl methyl sites for hydroxylation is 2. The summed E-state index contributed by atoms with van der Waals surface area (Å²) in [6.45, 7) is 1.71. The van der Waals surface area contributed by atoms with Gasteiger partial charge in [0.1, 0.15) is 11.6 Å². The number of benzene rings is 3. The van der Waals surface area contributed by atoms with Crippen LogP contribution in [-0.4, -0.2) is 34.1 Å². The molecule has 1 aliphatic carbocycles. The van der Waals surface area contributed by atoms with Crippen LogP contribution >= 0.6 is 24.4 Å². The zero-order chi connectivity index (χ0) is 32.6. The number of halogens is 5. The van der Waals surface area contributed by atoms with Gasteiger partial charge >= 0.3 is 6.18 Å². The molecule has 44 heavy (non-hydrogen) atoms. The SMILES string of the molecule is CNS.Cc1nc2cc(-c3ccc(C4CCCC(C(=O)Nc5ccc(C(F)(F)F)cc5F)C4)cc3Cl)ccc2n1C.O=CO. The van der Waals surface area contributed by atoms with Crippen molar-refractivity contribution < 1.29 is 32.3 Å². The Morgan fingerprint density at radius 3 is 2.43 bits per heavy atom. The first-order valence-corrected chi connectivity index (χ1v) is 14.5. The third-order valence-corrected chi connectivity index (χ3v) is 7.79. The molecule has 0 saturated heterocycles. The van der Waals surface area contributed by atoms with Gasteiger partial charge in [-0.15, -0.1) is 0 Å². The molecular formula is C31H33ClF4N4O3S. The highest BCUT2D eigenvalue weighted by molar-refractivity contribution is 7.78. The molecule has 1 fully saturated rings. The molecule has 0 radical (unpaired) electrons. The average molecular weight is 653 g/mol. The molecule has 7 nitrogen and oxygen atoms in total. The maximum absolute atomic E-state index is 14.2. The summed E-state index contributed by atoms with van der Waals surface area (Å²) in [5.41, 5.74) is 3.47. The molecule has 5 rings (SSSR count). The van der Waals surface area contributed by atoms with Crippen LogP contribution < -0.4 is 10.0 Å². The number of rotatable bonds is 4. The fourth-order valence-corrected chi connectivity index (χ4v) is 5.56. The van der Waals surface area contributed by atoms with E-state index < -0.39 is 23.5 Å². The van der Waals surface area contributed by atoms with Crippen molar-refractivity contribution in [2.24, 2.45) is 13.0 Å². The standard InChI is InChI=1S/C29H26ClF4N3O.CH5NS.CH2O2/c1-16-35-26-14-19(7-11-27(26)37(16)2)22-9-6-18(13-23(22)30)17-4-3-5-20(12-17)28(38)36-25-10-8-21(15-24(25)31)29(32,33)34;1-2-3;2-1-3/h6-11,13-15,17,20H,3-5,12H2,1-2H3,(H,36,38);2-3H,1H3;1H,(H,2,3). The predicted molar refractivity (Wildman–Crippen MR) is 167 cm³/mol. The van der Waals surface area contributed by atoms with Crippen molar-refractivity contribution in [3.63, 3.8) is 0 Å². The van der Waals surface area contributed by atoms with E-state index in [1.165, 1.54) is 0 Å². The number of carboxylic acid groups (broad SMARTS) is 1. The number of fused-ring (bicyclic) bond motifs is 1. The minimum Gasteiger partial charge on any atom is -0.483 e. The Balaban J connectivity index is 0.000000816. The van der Waals surface area contributed by atoms with Crippen molar-refractivity contribution in [3.8, 4) is 11.1 Å². The minimum atomic E-state index is -4.65. The number of carbonyl (C=O) groups is 2. The lowest BCUT2D eigenvalue weighted by atomic mass is 9.77. The Bertz CT molecular complexity index is 1610. The van der Waals surface area contributed by atoms with Crippen molar-refractivity contribution in [3.05, 3.63) is 82.4 Å². The third kappa shape index (κ3) is 8.52. The van der Waals surface area contributed by atoms with Crippen molar-refractivity contribution in [2.75, 3.05) is 12.4 Å². The molecule has 1 saturated carbocycles. The van der Waals surface area contributed by atoms with Gasteiger partial charge in [0.15, 0.2) is 0 Å². The molecule has 1 heterocycles. The average Bonchev–Trinajstić information content (AvgIpc) is 3.26. The number of aromatic nitrogens is 2. The van der Waals surface area contributed by atoms with E-state index in [1.54, 1.807) is 7.05 Å². The lowest BCUT2D eigenvalue weighted by molar-refractivity contribution is -0.137. The number of nitrogens with one attached hydrogen (secondary N) is 2. The maximum atomic E-state index is 14.2. The third-order valence-electron chi connectivity index (χ3n) is 7.48. The summed E-state index contributed by atoms with van der Waals surface area (Å²) in [6.07, 6.45) is -1.80. The molecule has 3 aromatic carbocycles. The van der Waals surface area contributed by atoms with E-state index in [-0.39, 0.29) is 24.0 Å². The van der Waals surface area contributed by atoms with E-state index in [2.05, 4.69) is 27.8 Å². The molecule has 3 N–H and O–H groups in total. The first kappa shape index (κ1) is 34.9. The van der Waals surface area contributed by atoms with E-state index in [1.807, 2.05) is 54.9 Å². The first-order valence-electron chi connectivity index (χ1n) is 13.6. The summed E-state index contributed by atoms with van der Waals surface area (Å²) in [7, 11) is 3.72. The van der Waals surface area contributed by atoms with E-state index in [0.29, 0.717) is 23.9 Å². The molecule has 0 aliphatic heterocycles. The fourth-order valence-electron chi connectivity index (χ4n) is 5.27. The Morgan fingerprint density at radius 2 is 1.82 bits per heavy atom. The number of thiol groups is 1. The van der Waals surface area contributed by atoms with Crippen molar-refractivity contribution >= 4 is 53.5 Å². The topological polar surface area (TPSA) is 96.3 Å². The Morgan fingerprint density at radius 1 is 1.14 bits per heavy atom. The summed E-state index contributed by atoms with van der Waals surface area (Å²) >= 11 is 10.3. The van der Waals surface area contributed by atoms with E-state index in [4.69, 9.17) is 21.5 Å². The van der Waals surface area contributed by atoms with Gasteiger partial charge < -0.3 is 15.0 Å². The molecular weight excluding hydrogens is 620 g/mol. The second-order valence-electron chi connectivity index (χ2n) is 10.2. The highest BCUT2D eigenvalue weighted by atomic mass is 35.5. The molecule has 1 amide bonds. The van der Waals surface area contributed by atoms with Gasteiger partial charge in [0.25, 0.3) is 6.47 Å². The van der Waals surface area contributed by atoms with E-state index >= 15 is 0 Å². The Kier molecular flexibility index (Phi) is 12.2. The molecule has 236 valence electrons. The first-order chi connectivity index (χ1) is 20.8. The van der Waals surface area contributed by atoms with Gasteiger partial charge in [0, 0.05) is 23.6 Å². The molecule has 0 bridgehead atoms. The van der Waals surface area contributed by atoms with Gasteiger partial charge in [-0.2, -0.15) is 13.2 Å². The Labute approximate surface area is 263 Å². The van der Waals surface area contributed by atoms with Gasteiger partial charge in [0.2, 0.25) is 5.91 Å². The lowest BCUT2D eigenvalue weighted by Gasteiger charge is -2.29. The zero-order valence-corrected chi connectivity index (χ0v) is 25.9. The second-order valence-corrected chi connectivity index (χ2v) is 11.1. The Hall–Kier alpha value is -3.61. The summed E-state index contributed by atoms with van der Waals surface area (Å²) in [5.74, 6) is -0.874. The summed E-state index contributed by atoms with van der Waals surface area (Å²) in [5, 5.41) is 9.97. The highest BCUT2D eigenvalue weighted by Gasteiger charge is 2.32. The monoisotopic (exact) mass is 652 g/mol.